The number of hydrogen-bond donors (Lipinski definition) is 1. The second-order valence-electron chi connectivity index (χ2n) is 6.31. The number of unbranched alkanes of at least 4 members (excludes halogenated alkanes) is 10. The summed E-state index contributed by atoms with van der Waals surface area (Å²) in [5.74, 6) is -0.656. The van der Waals surface area contributed by atoms with Gasteiger partial charge in [0, 0.05) is 0 Å². The zero-order valence-corrected chi connectivity index (χ0v) is 16.6. The SMILES string of the molecule is CCCCCCCCCCCCC[CH]([Ti])CCCC(=O)O.O.O. The third-order valence-corrected chi connectivity index (χ3v) is 5.00. The first-order valence-corrected chi connectivity index (χ1v) is 10.00. The van der Waals surface area contributed by atoms with E-state index >= 15 is 0 Å². The predicted octanol–water partition coefficient (Wildman–Crippen LogP) is 4.63. The zero-order chi connectivity index (χ0) is 15.8. The Morgan fingerprint density at radius 2 is 1.17 bits per heavy atom. The fourth-order valence-electron chi connectivity index (χ4n) is 2.70. The first-order chi connectivity index (χ1) is 10.2. The molecule has 0 aliphatic heterocycles. The molecule has 23 heavy (non-hydrogen) atoms. The first-order valence-electron chi connectivity index (χ1n) is 9.09. The molecule has 0 saturated carbocycles. The van der Waals surface area contributed by atoms with Gasteiger partial charge in [-0.1, -0.05) is 13.3 Å². The van der Waals surface area contributed by atoms with Gasteiger partial charge in [-0.05, 0) is 0 Å². The second kappa shape index (κ2) is 22.1. The van der Waals surface area contributed by atoms with Crippen molar-refractivity contribution in [1.29, 1.82) is 0 Å². The molecule has 4 nitrogen and oxygen atoms in total. The molecule has 0 aromatic carbocycles. The molecule has 0 aromatic heterocycles. The smallest absolute Gasteiger partial charge is 0.412 e. The van der Waals surface area contributed by atoms with Crippen LogP contribution in [0.15, 0.2) is 0 Å². The maximum absolute atomic E-state index is 10.4. The maximum Gasteiger partial charge on any atom is -0.412 e. The summed E-state index contributed by atoms with van der Waals surface area (Å²) in [4.78, 5) is 10.4. The Kier molecular flexibility index (Phi) is 26.8. The van der Waals surface area contributed by atoms with Crippen molar-refractivity contribution in [1.82, 2.24) is 0 Å². The van der Waals surface area contributed by atoms with Crippen molar-refractivity contribution >= 4 is 5.97 Å². The minimum Gasteiger partial charge on any atom is -0.412 e. The van der Waals surface area contributed by atoms with E-state index in [1.807, 2.05) is 0 Å². The molecule has 1 atom stereocenters. The van der Waals surface area contributed by atoms with Gasteiger partial charge in [-0.25, -0.2) is 0 Å². The van der Waals surface area contributed by atoms with Crippen molar-refractivity contribution in [3.05, 3.63) is 0 Å². The van der Waals surface area contributed by atoms with Crippen molar-refractivity contribution < 1.29 is 41.3 Å². The topological polar surface area (TPSA) is 100 Å². The van der Waals surface area contributed by atoms with Gasteiger partial charge in [-0.3, -0.25) is 0 Å². The van der Waals surface area contributed by atoms with Crippen LogP contribution in [-0.4, -0.2) is 22.0 Å². The van der Waals surface area contributed by atoms with Crippen LogP contribution in [0.2, 0.25) is 4.22 Å². The Bertz CT molecular complexity index is 237. The van der Waals surface area contributed by atoms with E-state index in [9.17, 15) is 4.79 Å². The van der Waals surface area contributed by atoms with Gasteiger partial charge in [0.2, 0.25) is 0 Å². The van der Waals surface area contributed by atoms with Crippen molar-refractivity contribution in [2.24, 2.45) is 0 Å². The van der Waals surface area contributed by atoms with E-state index in [1.54, 1.807) is 0 Å². The number of aliphatic carboxylic acids is 1. The monoisotopic (exact) mass is 367 g/mol. The molecule has 0 spiro atoms. The Hall–Kier alpha value is 0.104. The molecule has 139 valence electrons. The number of carboxylic acid groups (broad SMARTS) is 1. The van der Waals surface area contributed by atoms with E-state index in [0.29, 0.717) is 10.6 Å². The van der Waals surface area contributed by atoms with Gasteiger partial charge in [-0.15, -0.1) is 0 Å². The van der Waals surface area contributed by atoms with Gasteiger partial charge < -0.3 is 11.0 Å². The standard InChI is InChI=1S/C18H35O2.2H2O.Ti/c1-2-3-4-5-6-7-8-9-10-11-12-13-14-15-16-17-18(19)20;;;/h14H,2-13,15-17H2,1H3,(H,19,20);2*1H2;. The van der Waals surface area contributed by atoms with Gasteiger partial charge in [-0.2, -0.15) is 0 Å². The summed E-state index contributed by atoms with van der Waals surface area (Å²) in [5, 5.41) is 8.60. The molecule has 0 aliphatic carbocycles. The summed E-state index contributed by atoms with van der Waals surface area (Å²) in [6, 6.07) is 0. The molecular formula is C18H39O4Ti. The van der Waals surface area contributed by atoms with Crippen LogP contribution in [0.5, 0.6) is 0 Å². The van der Waals surface area contributed by atoms with Crippen LogP contribution in [0.25, 0.3) is 0 Å². The Morgan fingerprint density at radius 3 is 1.61 bits per heavy atom. The van der Waals surface area contributed by atoms with Gasteiger partial charge in [0.1, 0.15) is 0 Å². The summed E-state index contributed by atoms with van der Waals surface area (Å²) in [5.41, 5.74) is 0. The summed E-state index contributed by atoms with van der Waals surface area (Å²) in [6.07, 6.45) is 18.9. The van der Waals surface area contributed by atoms with E-state index in [1.165, 1.54) is 77.0 Å². The molecule has 0 bridgehead atoms. The maximum atomic E-state index is 10.4. The van der Waals surface area contributed by atoms with Crippen molar-refractivity contribution in [2.75, 3.05) is 0 Å². The molecule has 0 aromatic rings. The minimum absolute atomic E-state index is 0. The zero-order valence-electron chi connectivity index (χ0n) is 15.0. The normalized spacial score (nSPS) is 11.3. The quantitative estimate of drug-likeness (QED) is 0.318. The minimum atomic E-state index is -0.656. The molecule has 0 rings (SSSR count). The molecule has 0 aliphatic rings. The van der Waals surface area contributed by atoms with Gasteiger partial charge in [0.05, 0.1) is 0 Å². The van der Waals surface area contributed by atoms with E-state index in [2.05, 4.69) is 27.4 Å². The number of hydrogen-bond acceptors (Lipinski definition) is 1. The third-order valence-electron chi connectivity index (χ3n) is 4.10. The molecule has 0 amide bonds. The van der Waals surface area contributed by atoms with E-state index in [0.717, 1.165) is 12.8 Å². The number of rotatable bonds is 16. The van der Waals surface area contributed by atoms with Crippen LogP contribution in [0.4, 0.5) is 0 Å². The van der Waals surface area contributed by atoms with Crippen molar-refractivity contribution in [3.8, 4) is 0 Å². The predicted molar refractivity (Wildman–Crippen MR) is 93.5 cm³/mol. The van der Waals surface area contributed by atoms with Gasteiger partial charge >= 0.3 is 130 Å². The molecule has 0 heterocycles. The average Bonchev–Trinajstić information content (AvgIpc) is 2.44. The van der Waals surface area contributed by atoms with Crippen LogP contribution in [0.1, 0.15) is 103 Å². The van der Waals surface area contributed by atoms with Gasteiger partial charge in [0.15, 0.2) is 0 Å². The Morgan fingerprint density at radius 1 is 0.783 bits per heavy atom. The molecule has 1 unspecified atom stereocenters. The van der Waals surface area contributed by atoms with Crippen molar-refractivity contribution in [3.63, 3.8) is 0 Å². The first kappa shape index (κ1) is 27.9. The summed E-state index contributed by atoms with van der Waals surface area (Å²) < 4.78 is 0.697. The number of carbonyl (C=O) groups is 1. The molecule has 0 saturated heterocycles. The van der Waals surface area contributed by atoms with Crippen LogP contribution in [-0.2, 0) is 25.2 Å². The van der Waals surface area contributed by atoms with Crippen LogP contribution < -0.4 is 0 Å². The van der Waals surface area contributed by atoms with E-state index in [-0.39, 0.29) is 11.0 Å². The Labute approximate surface area is 154 Å². The molecule has 5 N–H and O–H groups in total. The van der Waals surface area contributed by atoms with E-state index in [4.69, 9.17) is 5.11 Å². The summed E-state index contributed by atoms with van der Waals surface area (Å²) >= 11 is 2.26. The fraction of sp³-hybridized carbons (Fsp3) is 0.944. The van der Waals surface area contributed by atoms with Crippen LogP contribution in [0.3, 0.4) is 0 Å². The summed E-state index contributed by atoms with van der Waals surface area (Å²) in [7, 11) is 0. The number of carboxylic acids is 1. The third kappa shape index (κ3) is 24.5. The van der Waals surface area contributed by atoms with Crippen LogP contribution >= 0.6 is 0 Å². The molecule has 0 radical (unpaired) electrons. The second-order valence-corrected chi connectivity index (χ2v) is 7.58. The van der Waals surface area contributed by atoms with Crippen molar-refractivity contribution in [2.45, 2.75) is 107 Å². The average molecular weight is 367 g/mol. The Balaban J connectivity index is -0.00000200. The fourth-order valence-corrected chi connectivity index (χ4v) is 3.34. The molecule has 5 heteroatoms. The summed E-state index contributed by atoms with van der Waals surface area (Å²) in [6.45, 7) is 2.27. The van der Waals surface area contributed by atoms with Crippen LogP contribution in [0, 0.1) is 0 Å². The van der Waals surface area contributed by atoms with E-state index < -0.39 is 5.97 Å². The largest absolute Gasteiger partial charge is 0.412 e. The van der Waals surface area contributed by atoms with Gasteiger partial charge in [0.25, 0.3) is 0 Å². The molecular weight excluding hydrogens is 328 g/mol. The molecule has 0 fully saturated rings.